The number of hydrogen-bond acceptors (Lipinski definition) is 7. The van der Waals surface area contributed by atoms with Gasteiger partial charge < -0.3 is 26.3 Å². The van der Waals surface area contributed by atoms with Crippen LogP contribution in [0.4, 0.5) is 0 Å². The van der Waals surface area contributed by atoms with Gasteiger partial charge in [0.2, 0.25) is 0 Å². The minimum Gasteiger partial charge on any atom is -0.496 e. The van der Waals surface area contributed by atoms with Gasteiger partial charge in [0, 0.05) is 17.3 Å². The molecule has 28 heavy (non-hydrogen) atoms. The zero-order valence-electron chi connectivity index (χ0n) is 17.3. The predicted molar refractivity (Wildman–Crippen MR) is 115 cm³/mol. The summed E-state index contributed by atoms with van der Waals surface area (Å²) in [6.45, 7) is 8.27. The highest BCUT2D eigenvalue weighted by Gasteiger charge is 2.22. The number of guanidine groups is 1. The molecule has 0 saturated carbocycles. The van der Waals surface area contributed by atoms with Crippen molar-refractivity contribution < 1.29 is 9.47 Å². The molecular weight excluding hydrogens is 354 g/mol. The van der Waals surface area contributed by atoms with Gasteiger partial charge in [-0.25, -0.2) is 4.99 Å². The first kappa shape index (κ1) is 21.5. The molecule has 0 bridgehead atoms. The molecule has 1 heterocycles. The lowest BCUT2D eigenvalue weighted by molar-refractivity contribution is 0.362. The standard InChI is InChI=1S/C21H31N5O2/c1-6-8-16(24-9-7-2)15-11-18(14(13(3)4)10-17(15)27-5)28-19-12-25-21(23)26-20(19)22/h7,9-13,20H,6,8,22H2,1-5H3,(H3,23,25,26)/b9-7-,24-16+. The highest BCUT2D eigenvalue weighted by Crippen LogP contribution is 2.36. The Morgan fingerprint density at radius 1 is 1.36 bits per heavy atom. The molecule has 1 aromatic rings. The Morgan fingerprint density at radius 2 is 2.11 bits per heavy atom. The molecular formula is C21H31N5O2. The van der Waals surface area contributed by atoms with Crippen molar-refractivity contribution in [1.82, 2.24) is 5.32 Å². The fraction of sp³-hybridized carbons (Fsp3) is 0.429. The molecule has 0 aromatic heterocycles. The van der Waals surface area contributed by atoms with Gasteiger partial charge >= 0.3 is 0 Å². The summed E-state index contributed by atoms with van der Waals surface area (Å²) in [4.78, 5) is 8.66. The zero-order valence-corrected chi connectivity index (χ0v) is 17.3. The van der Waals surface area contributed by atoms with Gasteiger partial charge in [0.15, 0.2) is 11.7 Å². The number of allylic oxidation sites excluding steroid dienone is 1. The van der Waals surface area contributed by atoms with E-state index in [1.54, 1.807) is 19.5 Å². The molecule has 1 unspecified atom stereocenters. The van der Waals surface area contributed by atoms with Crippen molar-refractivity contribution in [3.63, 3.8) is 0 Å². The molecule has 152 valence electrons. The van der Waals surface area contributed by atoms with E-state index in [-0.39, 0.29) is 11.9 Å². The van der Waals surface area contributed by atoms with Crippen LogP contribution in [0.3, 0.4) is 0 Å². The number of benzene rings is 1. The number of nitrogens with one attached hydrogen (secondary N) is 1. The topological polar surface area (TPSA) is 107 Å². The first-order valence-electron chi connectivity index (χ1n) is 9.54. The van der Waals surface area contributed by atoms with Crippen molar-refractivity contribution in [2.75, 3.05) is 7.11 Å². The smallest absolute Gasteiger partial charge is 0.194 e. The zero-order chi connectivity index (χ0) is 20.7. The average molecular weight is 386 g/mol. The highest BCUT2D eigenvalue weighted by molar-refractivity contribution is 6.03. The van der Waals surface area contributed by atoms with Crippen LogP contribution in [0, 0.1) is 0 Å². The maximum Gasteiger partial charge on any atom is 0.194 e. The minimum absolute atomic E-state index is 0.224. The second-order valence-electron chi connectivity index (χ2n) is 6.82. The molecule has 0 spiro atoms. The third-order valence-corrected chi connectivity index (χ3v) is 4.30. The van der Waals surface area contributed by atoms with Crippen molar-refractivity contribution >= 4 is 11.7 Å². The molecule has 0 saturated heterocycles. The Bertz CT molecular complexity index is 809. The lowest BCUT2D eigenvalue weighted by Crippen LogP contribution is -2.49. The van der Waals surface area contributed by atoms with Crippen LogP contribution in [0.5, 0.6) is 11.5 Å². The first-order valence-corrected chi connectivity index (χ1v) is 9.54. The predicted octanol–water partition coefficient (Wildman–Crippen LogP) is 3.36. The summed E-state index contributed by atoms with van der Waals surface area (Å²) in [5, 5.41) is 2.86. The summed E-state index contributed by atoms with van der Waals surface area (Å²) >= 11 is 0. The van der Waals surface area contributed by atoms with Gasteiger partial charge in [-0.2, -0.15) is 0 Å². The third kappa shape index (κ3) is 5.13. The number of nitrogens with zero attached hydrogens (tertiary/aromatic N) is 2. The second-order valence-corrected chi connectivity index (χ2v) is 6.82. The summed E-state index contributed by atoms with van der Waals surface area (Å²) in [5.74, 6) is 2.46. The van der Waals surface area contributed by atoms with E-state index in [1.807, 2.05) is 25.1 Å². The van der Waals surface area contributed by atoms with Crippen molar-refractivity contribution in [3.05, 3.63) is 47.5 Å². The maximum atomic E-state index is 6.16. The van der Waals surface area contributed by atoms with Crippen LogP contribution in [0.25, 0.3) is 0 Å². The Morgan fingerprint density at radius 3 is 2.68 bits per heavy atom. The van der Waals surface area contributed by atoms with Crippen molar-refractivity contribution in [2.24, 2.45) is 21.5 Å². The Balaban J connectivity index is 2.57. The largest absolute Gasteiger partial charge is 0.496 e. The Kier molecular flexibility index (Phi) is 7.63. The molecule has 1 aliphatic heterocycles. The van der Waals surface area contributed by atoms with Crippen LogP contribution in [0.1, 0.15) is 57.6 Å². The molecule has 1 atom stereocenters. The van der Waals surface area contributed by atoms with Crippen LogP contribution in [-0.2, 0) is 0 Å². The van der Waals surface area contributed by atoms with Crippen LogP contribution < -0.4 is 26.3 Å². The fourth-order valence-corrected chi connectivity index (χ4v) is 2.88. The summed E-state index contributed by atoms with van der Waals surface area (Å²) in [5.41, 5.74) is 14.6. The molecule has 1 aliphatic rings. The normalized spacial score (nSPS) is 17.4. The van der Waals surface area contributed by atoms with Crippen molar-refractivity contribution in [2.45, 2.75) is 52.6 Å². The number of nitrogens with two attached hydrogens (primary N) is 2. The maximum absolute atomic E-state index is 6.16. The van der Waals surface area contributed by atoms with Gasteiger partial charge in [0.25, 0.3) is 0 Å². The average Bonchev–Trinajstić information content (AvgIpc) is 2.66. The number of ether oxygens (including phenoxy) is 2. The van der Waals surface area contributed by atoms with Gasteiger partial charge in [-0.15, -0.1) is 0 Å². The molecule has 0 fully saturated rings. The van der Waals surface area contributed by atoms with Crippen LogP contribution in [0.2, 0.25) is 0 Å². The van der Waals surface area contributed by atoms with Gasteiger partial charge in [-0.3, -0.25) is 4.99 Å². The molecule has 0 radical (unpaired) electrons. The van der Waals surface area contributed by atoms with E-state index < -0.39 is 6.17 Å². The summed E-state index contributed by atoms with van der Waals surface area (Å²) in [7, 11) is 1.67. The number of aliphatic imine (C=N–C) groups is 2. The number of methoxy groups -OCH3 is 1. The van der Waals surface area contributed by atoms with E-state index in [4.69, 9.17) is 20.9 Å². The van der Waals surface area contributed by atoms with E-state index in [2.05, 4.69) is 36.1 Å². The first-order chi connectivity index (χ1) is 13.4. The minimum atomic E-state index is -0.560. The summed E-state index contributed by atoms with van der Waals surface area (Å²) in [6, 6.07) is 3.98. The second kappa shape index (κ2) is 9.94. The SMILES string of the molecule is C/C=C\N=C(/CCC)c1cc(OC2=CN=C(N)NC2N)c(C(C)C)cc1OC. The highest BCUT2D eigenvalue weighted by atomic mass is 16.5. The van der Waals surface area contributed by atoms with E-state index in [0.29, 0.717) is 11.5 Å². The molecule has 0 amide bonds. The molecule has 7 nitrogen and oxygen atoms in total. The van der Waals surface area contributed by atoms with Crippen LogP contribution in [-0.4, -0.2) is 24.9 Å². The molecule has 2 rings (SSSR count). The van der Waals surface area contributed by atoms with E-state index >= 15 is 0 Å². The van der Waals surface area contributed by atoms with E-state index in [0.717, 1.165) is 35.4 Å². The quantitative estimate of drug-likeness (QED) is 0.595. The van der Waals surface area contributed by atoms with Crippen molar-refractivity contribution in [3.8, 4) is 11.5 Å². The number of rotatable bonds is 8. The van der Waals surface area contributed by atoms with Gasteiger partial charge in [0.1, 0.15) is 17.7 Å². The van der Waals surface area contributed by atoms with E-state index in [1.165, 1.54) is 0 Å². The van der Waals surface area contributed by atoms with Crippen LogP contribution in [0.15, 0.2) is 46.4 Å². The molecule has 0 aliphatic carbocycles. The van der Waals surface area contributed by atoms with Gasteiger partial charge in [-0.05, 0) is 31.4 Å². The molecule has 1 aromatic carbocycles. The summed E-state index contributed by atoms with van der Waals surface area (Å²) < 4.78 is 11.8. The van der Waals surface area contributed by atoms with Gasteiger partial charge in [-0.1, -0.05) is 33.3 Å². The van der Waals surface area contributed by atoms with Crippen molar-refractivity contribution in [1.29, 1.82) is 0 Å². The number of hydrogen-bond donors (Lipinski definition) is 3. The van der Waals surface area contributed by atoms with Gasteiger partial charge in [0.05, 0.1) is 19.0 Å². The monoisotopic (exact) mass is 385 g/mol. The molecule has 7 heteroatoms. The van der Waals surface area contributed by atoms with E-state index in [9.17, 15) is 0 Å². The lowest BCUT2D eigenvalue weighted by Gasteiger charge is -2.24. The third-order valence-electron chi connectivity index (χ3n) is 4.30. The summed E-state index contributed by atoms with van der Waals surface area (Å²) in [6.07, 6.45) is 6.48. The lowest BCUT2D eigenvalue weighted by atomic mass is 9.96. The fourth-order valence-electron chi connectivity index (χ4n) is 2.88. The Hall–Kier alpha value is -2.80. The molecule has 5 N–H and O–H groups in total. The Labute approximate surface area is 167 Å². The van der Waals surface area contributed by atoms with Crippen LogP contribution >= 0.6 is 0 Å².